The SMILES string of the molecule is CNS(=O)(=O)c1ccc(CNC(=O)N2CCCN(C)CC2)cc1. The number of nitrogens with zero attached hydrogens (tertiary/aromatic N) is 2. The first-order valence-corrected chi connectivity index (χ1v) is 9.14. The summed E-state index contributed by atoms with van der Waals surface area (Å²) < 4.78 is 25.6. The molecule has 1 heterocycles. The number of nitrogens with one attached hydrogen (secondary N) is 2. The molecule has 2 amide bonds. The van der Waals surface area contributed by atoms with Crippen LogP contribution in [0.5, 0.6) is 0 Å². The summed E-state index contributed by atoms with van der Waals surface area (Å²) in [5.74, 6) is 0. The van der Waals surface area contributed by atoms with E-state index in [1.54, 1.807) is 12.1 Å². The summed E-state index contributed by atoms with van der Waals surface area (Å²) in [5, 5.41) is 2.89. The lowest BCUT2D eigenvalue weighted by molar-refractivity contribution is 0.199. The number of hydrogen-bond donors (Lipinski definition) is 2. The average Bonchev–Trinajstić information content (AvgIpc) is 2.77. The van der Waals surface area contributed by atoms with Gasteiger partial charge in [0.05, 0.1) is 4.90 Å². The highest BCUT2D eigenvalue weighted by Crippen LogP contribution is 2.10. The molecule has 0 unspecified atom stereocenters. The summed E-state index contributed by atoms with van der Waals surface area (Å²) in [6.45, 7) is 3.75. The molecule has 2 N–H and O–H groups in total. The first-order valence-electron chi connectivity index (χ1n) is 7.66. The smallest absolute Gasteiger partial charge is 0.317 e. The number of carbonyl (C=O) groups excluding carboxylic acids is 1. The lowest BCUT2D eigenvalue weighted by atomic mass is 10.2. The van der Waals surface area contributed by atoms with Crippen molar-refractivity contribution in [2.24, 2.45) is 0 Å². The fourth-order valence-electron chi connectivity index (χ4n) is 2.44. The van der Waals surface area contributed by atoms with Crippen molar-refractivity contribution in [1.82, 2.24) is 19.8 Å². The van der Waals surface area contributed by atoms with Gasteiger partial charge in [0.2, 0.25) is 10.0 Å². The van der Waals surface area contributed by atoms with Crippen LogP contribution in [0.3, 0.4) is 0 Å². The minimum absolute atomic E-state index is 0.0766. The number of urea groups is 1. The quantitative estimate of drug-likeness (QED) is 0.833. The maximum Gasteiger partial charge on any atom is 0.317 e. The Bertz CT molecular complexity index is 631. The van der Waals surface area contributed by atoms with Crippen molar-refractivity contribution in [3.05, 3.63) is 29.8 Å². The summed E-state index contributed by atoms with van der Waals surface area (Å²) in [6.07, 6.45) is 0.973. The Morgan fingerprint density at radius 1 is 1.13 bits per heavy atom. The topological polar surface area (TPSA) is 81.8 Å². The monoisotopic (exact) mass is 340 g/mol. The van der Waals surface area contributed by atoms with E-state index in [1.165, 1.54) is 19.2 Å². The second-order valence-electron chi connectivity index (χ2n) is 5.65. The Kier molecular flexibility index (Phi) is 5.97. The summed E-state index contributed by atoms with van der Waals surface area (Å²) in [4.78, 5) is 16.4. The van der Waals surface area contributed by atoms with E-state index in [2.05, 4.69) is 22.0 Å². The van der Waals surface area contributed by atoms with Gasteiger partial charge in [-0.15, -0.1) is 0 Å². The number of rotatable bonds is 4. The van der Waals surface area contributed by atoms with Crippen LogP contribution >= 0.6 is 0 Å². The van der Waals surface area contributed by atoms with Crippen LogP contribution in [0, 0.1) is 0 Å². The first kappa shape index (κ1) is 17.7. The molecule has 0 aliphatic carbocycles. The third-order valence-corrected chi connectivity index (χ3v) is 5.38. The van der Waals surface area contributed by atoms with Gasteiger partial charge in [0.15, 0.2) is 0 Å². The van der Waals surface area contributed by atoms with E-state index in [4.69, 9.17) is 0 Å². The molecular weight excluding hydrogens is 316 g/mol. The van der Waals surface area contributed by atoms with Crippen LogP contribution < -0.4 is 10.0 Å². The van der Waals surface area contributed by atoms with Gasteiger partial charge in [-0.1, -0.05) is 12.1 Å². The number of carbonyl (C=O) groups is 1. The maximum atomic E-state index is 12.2. The minimum Gasteiger partial charge on any atom is -0.334 e. The molecule has 8 heteroatoms. The highest BCUT2D eigenvalue weighted by Gasteiger charge is 2.17. The zero-order valence-corrected chi connectivity index (χ0v) is 14.4. The Hall–Kier alpha value is -1.64. The van der Waals surface area contributed by atoms with Gasteiger partial charge in [-0.3, -0.25) is 0 Å². The van der Waals surface area contributed by atoms with E-state index in [0.29, 0.717) is 6.54 Å². The maximum absolute atomic E-state index is 12.2. The van der Waals surface area contributed by atoms with E-state index in [0.717, 1.165) is 38.2 Å². The van der Waals surface area contributed by atoms with E-state index in [1.807, 2.05) is 4.90 Å². The van der Waals surface area contributed by atoms with Gasteiger partial charge in [0.25, 0.3) is 0 Å². The van der Waals surface area contributed by atoms with E-state index >= 15 is 0 Å². The van der Waals surface area contributed by atoms with Gasteiger partial charge in [-0.05, 0) is 44.8 Å². The van der Waals surface area contributed by atoms with Crippen LogP contribution in [0.15, 0.2) is 29.2 Å². The van der Waals surface area contributed by atoms with E-state index in [-0.39, 0.29) is 10.9 Å². The van der Waals surface area contributed by atoms with Crippen LogP contribution in [-0.2, 0) is 16.6 Å². The summed E-state index contributed by atoms with van der Waals surface area (Å²) >= 11 is 0. The first-order chi connectivity index (χ1) is 10.9. The molecule has 128 valence electrons. The Morgan fingerprint density at radius 2 is 1.83 bits per heavy atom. The van der Waals surface area contributed by atoms with E-state index in [9.17, 15) is 13.2 Å². The predicted octanol–water partition coefficient (Wildman–Crippen LogP) is 0.442. The van der Waals surface area contributed by atoms with Crippen molar-refractivity contribution in [2.45, 2.75) is 17.9 Å². The molecule has 23 heavy (non-hydrogen) atoms. The van der Waals surface area contributed by atoms with Gasteiger partial charge >= 0.3 is 6.03 Å². The fourth-order valence-corrected chi connectivity index (χ4v) is 3.17. The van der Waals surface area contributed by atoms with Crippen LogP contribution in [0.2, 0.25) is 0 Å². The average molecular weight is 340 g/mol. The summed E-state index contributed by atoms with van der Waals surface area (Å²) in [6, 6.07) is 6.41. The normalized spacial score (nSPS) is 16.9. The summed E-state index contributed by atoms with van der Waals surface area (Å²) in [7, 11) is 0.0119. The molecule has 1 aliphatic rings. The zero-order chi connectivity index (χ0) is 16.9. The fraction of sp³-hybridized carbons (Fsp3) is 0.533. The van der Waals surface area contributed by atoms with Crippen LogP contribution in [0.1, 0.15) is 12.0 Å². The third-order valence-electron chi connectivity index (χ3n) is 3.95. The predicted molar refractivity (Wildman–Crippen MR) is 88.6 cm³/mol. The van der Waals surface area contributed by atoms with Crippen LogP contribution in [-0.4, -0.2) is 64.5 Å². The van der Waals surface area contributed by atoms with Gasteiger partial charge in [0.1, 0.15) is 0 Å². The molecule has 1 aromatic carbocycles. The molecule has 0 aromatic heterocycles. The highest BCUT2D eigenvalue weighted by atomic mass is 32.2. The zero-order valence-electron chi connectivity index (χ0n) is 13.6. The molecule has 0 saturated carbocycles. The second-order valence-corrected chi connectivity index (χ2v) is 7.54. The van der Waals surface area contributed by atoms with Gasteiger partial charge in [-0.25, -0.2) is 17.9 Å². The number of benzene rings is 1. The number of hydrogen-bond acceptors (Lipinski definition) is 4. The molecule has 7 nitrogen and oxygen atoms in total. The Labute approximate surface area is 137 Å². The standard InChI is InChI=1S/C15H24N4O3S/c1-16-23(21,22)14-6-4-13(5-7-14)12-17-15(20)19-9-3-8-18(2)10-11-19/h4-7,16H,3,8-12H2,1-2H3,(H,17,20). The molecule has 0 atom stereocenters. The van der Waals surface area contributed by atoms with Crippen LogP contribution in [0.25, 0.3) is 0 Å². The Balaban J connectivity index is 1.89. The lowest BCUT2D eigenvalue weighted by Crippen LogP contribution is -2.41. The van der Waals surface area contributed by atoms with Gasteiger partial charge in [-0.2, -0.15) is 0 Å². The molecular formula is C15H24N4O3S. The van der Waals surface area contributed by atoms with Gasteiger partial charge < -0.3 is 15.1 Å². The van der Waals surface area contributed by atoms with Gasteiger partial charge in [0, 0.05) is 26.2 Å². The van der Waals surface area contributed by atoms with Crippen molar-refractivity contribution >= 4 is 16.1 Å². The van der Waals surface area contributed by atoms with E-state index < -0.39 is 10.0 Å². The molecule has 0 spiro atoms. The van der Waals surface area contributed by atoms with Crippen molar-refractivity contribution in [3.8, 4) is 0 Å². The molecule has 1 aromatic rings. The molecule has 1 saturated heterocycles. The third kappa shape index (κ3) is 4.92. The number of likely N-dealkylation sites (N-methyl/N-ethyl adjacent to an activating group) is 1. The largest absolute Gasteiger partial charge is 0.334 e. The number of sulfonamides is 1. The lowest BCUT2D eigenvalue weighted by Gasteiger charge is -2.21. The number of amides is 2. The highest BCUT2D eigenvalue weighted by molar-refractivity contribution is 7.89. The summed E-state index contributed by atoms with van der Waals surface area (Å²) in [5.41, 5.74) is 0.861. The van der Waals surface area contributed by atoms with Crippen molar-refractivity contribution in [3.63, 3.8) is 0 Å². The molecule has 2 rings (SSSR count). The Morgan fingerprint density at radius 3 is 2.48 bits per heavy atom. The van der Waals surface area contributed by atoms with Crippen molar-refractivity contribution < 1.29 is 13.2 Å². The molecule has 0 bridgehead atoms. The van der Waals surface area contributed by atoms with Crippen molar-refractivity contribution in [1.29, 1.82) is 0 Å². The molecule has 1 aliphatic heterocycles. The van der Waals surface area contributed by atoms with Crippen molar-refractivity contribution in [2.75, 3.05) is 40.3 Å². The second kappa shape index (κ2) is 7.76. The molecule has 1 fully saturated rings. The van der Waals surface area contributed by atoms with Crippen LogP contribution in [0.4, 0.5) is 4.79 Å². The minimum atomic E-state index is -3.42. The molecule has 0 radical (unpaired) electrons.